The van der Waals surface area contributed by atoms with Gasteiger partial charge >= 0.3 is 5.97 Å². The van der Waals surface area contributed by atoms with Gasteiger partial charge in [0.25, 0.3) is 0 Å². The van der Waals surface area contributed by atoms with Gasteiger partial charge < -0.3 is 19.7 Å². The van der Waals surface area contributed by atoms with Crippen LogP contribution < -0.4 is 0 Å². The summed E-state index contributed by atoms with van der Waals surface area (Å²) in [5, 5.41) is 25.4. The van der Waals surface area contributed by atoms with E-state index in [2.05, 4.69) is 10.1 Å². The molecule has 3 rings (SSSR count). The number of aromatic nitrogens is 3. The molecule has 1 aliphatic rings. The minimum atomic E-state index is -1.28. The Labute approximate surface area is 140 Å². The van der Waals surface area contributed by atoms with Gasteiger partial charge in [-0.05, 0) is 6.07 Å². The summed E-state index contributed by atoms with van der Waals surface area (Å²) in [6.07, 6.45) is -2.95. The van der Waals surface area contributed by atoms with Crippen molar-refractivity contribution in [2.45, 2.75) is 31.5 Å². The van der Waals surface area contributed by atoms with Crippen molar-refractivity contribution in [3.05, 3.63) is 22.4 Å². The molecule has 0 amide bonds. The van der Waals surface area contributed by atoms with Gasteiger partial charge in [0, 0.05) is 6.92 Å². The first kappa shape index (κ1) is 16.4. The van der Waals surface area contributed by atoms with Crippen molar-refractivity contribution in [3.8, 4) is 0 Å². The van der Waals surface area contributed by atoms with Crippen LogP contribution in [0.4, 0.5) is 0 Å². The zero-order chi connectivity index (χ0) is 16.7. The number of ether oxygens (including phenoxy) is 2. The number of fused-ring (bicyclic) bond motifs is 1. The van der Waals surface area contributed by atoms with Crippen LogP contribution in [0.25, 0.3) is 11.0 Å². The number of carbonyl (C=O) groups is 1. The van der Waals surface area contributed by atoms with Crippen molar-refractivity contribution in [2.24, 2.45) is 0 Å². The molecule has 0 aliphatic carbocycles. The quantitative estimate of drug-likeness (QED) is 0.618. The van der Waals surface area contributed by atoms with Crippen molar-refractivity contribution >= 4 is 40.2 Å². The van der Waals surface area contributed by atoms with Gasteiger partial charge in [0.1, 0.15) is 30.1 Å². The molecule has 1 aliphatic heterocycles. The van der Waals surface area contributed by atoms with Gasteiger partial charge in [-0.15, -0.1) is 0 Å². The monoisotopic (exact) mass is 361 g/mol. The van der Waals surface area contributed by atoms with Gasteiger partial charge in [-0.3, -0.25) is 4.79 Å². The molecule has 0 radical (unpaired) electrons. The van der Waals surface area contributed by atoms with Gasteiger partial charge in [-0.25, -0.2) is 9.67 Å². The fraction of sp³-hybridized carbons (Fsp3) is 0.462. The van der Waals surface area contributed by atoms with Crippen LogP contribution in [0.1, 0.15) is 13.2 Å². The molecule has 23 heavy (non-hydrogen) atoms. The summed E-state index contributed by atoms with van der Waals surface area (Å²) in [6.45, 7) is 1.06. The second kappa shape index (κ2) is 6.21. The molecule has 3 heterocycles. The lowest BCUT2D eigenvalue weighted by atomic mass is 10.1. The third-order valence-corrected chi connectivity index (χ3v) is 4.02. The summed E-state index contributed by atoms with van der Waals surface area (Å²) in [7, 11) is 0. The van der Waals surface area contributed by atoms with Crippen molar-refractivity contribution < 1.29 is 24.5 Å². The van der Waals surface area contributed by atoms with E-state index in [0.717, 1.165) is 0 Å². The Bertz CT molecular complexity index is 753. The fourth-order valence-corrected chi connectivity index (χ4v) is 2.89. The maximum atomic E-state index is 10.9. The summed E-state index contributed by atoms with van der Waals surface area (Å²) in [5.74, 6) is -0.511. The minimum absolute atomic E-state index is 0.161. The lowest BCUT2D eigenvalue weighted by molar-refractivity contribution is -0.147. The van der Waals surface area contributed by atoms with E-state index in [4.69, 9.17) is 32.7 Å². The van der Waals surface area contributed by atoms with E-state index in [0.29, 0.717) is 16.1 Å². The summed E-state index contributed by atoms with van der Waals surface area (Å²) < 4.78 is 11.7. The second-order valence-electron chi connectivity index (χ2n) is 5.10. The third kappa shape index (κ3) is 3.00. The number of nitrogens with zero attached hydrogens (tertiary/aromatic N) is 3. The van der Waals surface area contributed by atoms with E-state index in [1.165, 1.54) is 23.9 Å². The highest BCUT2D eigenvalue weighted by molar-refractivity contribution is 6.37. The third-order valence-electron chi connectivity index (χ3n) is 3.51. The van der Waals surface area contributed by atoms with Crippen LogP contribution >= 0.6 is 23.2 Å². The van der Waals surface area contributed by atoms with E-state index in [1.54, 1.807) is 0 Å². The molecule has 0 saturated carbocycles. The average molecular weight is 362 g/mol. The van der Waals surface area contributed by atoms with E-state index in [-0.39, 0.29) is 11.8 Å². The second-order valence-corrected chi connectivity index (χ2v) is 5.90. The molecular weight excluding hydrogens is 349 g/mol. The Kier molecular flexibility index (Phi) is 4.43. The molecule has 0 spiro atoms. The molecular formula is C13H13Cl2N3O5. The Morgan fingerprint density at radius 3 is 2.87 bits per heavy atom. The van der Waals surface area contributed by atoms with Gasteiger partial charge in [0.05, 0.1) is 16.6 Å². The van der Waals surface area contributed by atoms with E-state index >= 15 is 0 Å². The highest BCUT2D eigenvalue weighted by atomic mass is 35.5. The number of rotatable bonds is 3. The lowest BCUT2D eigenvalue weighted by Crippen LogP contribution is -2.34. The largest absolute Gasteiger partial charge is 0.463 e. The number of carbonyl (C=O) groups excluding carboxylic acids is 1. The van der Waals surface area contributed by atoms with Crippen molar-refractivity contribution in [1.82, 2.24) is 14.8 Å². The highest BCUT2D eigenvalue weighted by Crippen LogP contribution is 2.33. The normalized spacial score (nSPS) is 27.5. The maximum Gasteiger partial charge on any atom is 0.302 e. The maximum absolute atomic E-state index is 10.9. The Morgan fingerprint density at radius 1 is 1.43 bits per heavy atom. The highest BCUT2D eigenvalue weighted by Gasteiger charge is 2.45. The molecule has 2 aromatic rings. The predicted molar refractivity (Wildman–Crippen MR) is 80.1 cm³/mol. The first-order valence-electron chi connectivity index (χ1n) is 6.72. The number of esters is 1. The molecule has 8 nitrogen and oxygen atoms in total. The van der Waals surface area contributed by atoms with Crippen molar-refractivity contribution in [1.29, 1.82) is 0 Å². The van der Waals surface area contributed by atoms with E-state index in [1.807, 2.05) is 0 Å². The van der Waals surface area contributed by atoms with Crippen LogP contribution in [-0.4, -0.2) is 55.9 Å². The standard InChI is InChI=1S/C13H13Cl2N3O5/c1-5(19)22-4-8-10(20)11(21)13(23-8)18-12-6(3-16-18)7(14)2-9(15)17-12/h2-3,8,10-11,13,20-21H,4H2,1H3/t8-,10+,11-,13-/m1/s1. The summed E-state index contributed by atoms with van der Waals surface area (Å²) >= 11 is 12.0. The lowest BCUT2D eigenvalue weighted by Gasteiger charge is -2.15. The zero-order valence-corrected chi connectivity index (χ0v) is 13.4. The van der Waals surface area contributed by atoms with E-state index < -0.39 is 30.5 Å². The van der Waals surface area contributed by atoms with Crippen LogP contribution in [0.15, 0.2) is 12.3 Å². The Hall–Kier alpha value is -1.45. The molecule has 2 N–H and O–H groups in total. The van der Waals surface area contributed by atoms with Crippen LogP contribution in [0, 0.1) is 0 Å². The first-order chi connectivity index (χ1) is 10.9. The topological polar surface area (TPSA) is 107 Å². The Balaban J connectivity index is 1.91. The minimum Gasteiger partial charge on any atom is -0.463 e. The summed E-state index contributed by atoms with van der Waals surface area (Å²) in [4.78, 5) is 15.0. The van der Waals surface area contributed by atoms with Gasteiger partial charge in [0.15, 0.2) is 11.9 Å². The van der Waals surface area contributed by atoms with Gasteiger partial charge in [-0.2, -0.15) is 5.10 Å². The number of hydrogen-bond donors (Lipinski definition) is 2. The molecule has 1 fully saturated rings. The van der Waals surface area contributed by atoms with Crippen LogP contribution in [0.5, 0.6) is 0 Å². The fourth-order valence-electron chi connectivity index (χ4n) is 2.41. The Morgan fingerprint density at radius 2 is 2.17 bits per heavy atom. The summed E-state index contributed by atoms with van der Waals surface area (Å²) in [6, 6.07) is 1.47. The molecule has 1 saturated heterocycles. The van der Waals surface area contributed by atoms with Crippen LogP contribution in [-0.2, 0) is 14.3 Å². The molecule has 2 aromatic heterocycles. The van der Waals surface area contributed by atoms with Crippen molar-refractivity contribution in [3.63, 3.8) is 0 Å². The smallest absolute Gasteiger partial charge is 0.302 e. The molecule has 4 atom stereocenters. The number of pyridine rings is 1. The molecule has 124 valence electrons. The van der Waals surface area contributed by atoms with Crippen molar-refractivity contribution in [2.75, 3.05) is 6.61 Å². The molecule has 0 aromatic carbocycles. The predicted octanol–water partition coefficient (Wildman–Crippen LogP) is 0.920. The van der Waals surface area contributed by atoms with Gasteiger partial charge in [0.2, 0.25) is 0 Å². The number of hydrogen-bond acceptors (Lipinski definition) is 7. The van der Waals surface area contributed by atoms with E-state index in [9.17, 15) is 15.0 Å². The molecule has 0 bridgehead atoms. The first-order valence-corrected chi connectivity index (χ1v) is 7.48. The molecule has 10 heteroatoms. The SMILES string of the molecule is CC(=O)OC[C@H]1O[C@@H](n2ncc3c(Cl)cc(Cl)nc32)[C@H](O)[C@H]1O. The van der Waals surface area contributed by atoms with Crippen LogP contribution in [0.2, 0.25) is 10.2 Å². The number of aliphatic hydroxyl groups is 2. The number of halogens is 2. The zero-order valence-electron chi connectivity index (χ0n) is 11.9. The van der Waals surface area contributed by atoms with Gasteiger partial charge in [-0.1, -0.05) is 23.2 Å². The van der Waals surface area contributed by atoms with Crippen LogP contribution in [0.3, 0.4) is 0 Å². The molecule has 0 unspecified atom stereocenters. The number of aliphatic hydroxyl groups excluding tert-OH is 2. The summed E-state index contributed by atoms with van der Waals surface area (Å²) in [5.41, 5.74) is 0.312. The average Bonchev–Trinajstić information content (AvgIpc) is 3.00.